The number of fused-ring (bicyclic) bond motifs is 1. The van der Waals surface area contributed by atoms with Crippen molar-refractivity contribution in [3.63, 3.8) is 0 Å². The van der Waals surface area contributed by atoms with Crippen molar-refractivity contribution in [2.75, 3.05) is 7.11 Å². The quantitative estimate of drug-likeness (QED) is 0.564. The van der Waals surface area contributed by atoms with Crippen molar-refractivity contribution in [2.24, 2.45) is 18.9 Å². The number of benzene rings is 2. The van der Waals surface area contributed by atoms with Crippen LogP contribution in [0.3, 0.4) is 0 Å². The second-order valence-corrected chi connectivity index (χ2v) is 8.84. The Morgan fingerprint density at radius 3 is 2.48 bits per heavy atom. The highest BCUT2D eigenvalue weighted by molar-refractivity contribution is 5.83. The molecule has 5 nitrogen and oxygen atoms in total. The van der Waals surface area contributed by atoms with Gasteiger partial charge in [-0.15, -0.1) is 0 Å². The number of imidazole rings is 1. The zero-order valence-electron chi connectivity index (χ0n) is 18.8. The summed E-state index contributed by atoms with van der Waals surface area (Å²) in [6.45, 7) is 2.84. The molecule has 3 aromatic rings. The van der Waals surface area contributed by atoms with Crippen LogP contribution in [0.5, 0.6) is 5.75 Å². The summed E-state index contributed by atoms with van der Waals surface area (Å²) >= 11 is 0. The molecule has 0 aliphatic heterocycles. The van der Waals surface area contributed by atoms with Gasteiger partial charge in [-0.05, 0) is 61.3 Å². The molecule has 0 radical (unpaired) electrons. The van der Waals surface area contributed by atoms with Gasteiger partial charge in [0.05, 0.1) is 18.1 Å². The first kappa shape index (κ1) is 21.4. The topological polar surface area (TPSA) is 53.2 Å². The first-order valence-corrected chi connectivity index (χ1v) is 11.3. The minimum absolute atomic E-state index is 0.0114. The number of nitrogens with zero attached hydrogens (tertiary/aromatic N) is 2. The Hall–Kier alpha value is -2.82. The number of ketones is 1. The second-order valence-electron chi connectivity index (χ2n) is 8.84. The van der Waals surface area contributed by atoms with Crippen molar-refractivity contribution >= 4 is 16.8 Å². The van der Waals surface area contributed by atoms with Crippen molar-refractivity contribution < 1.29 is 9.53 Å². The van der Waals surface area contributed by atoms with Crippen molar-refractivity contribution in [3.8, 4) is 5.75 Å². The average Bonchev–Trinajstić information content (AvgIpc) is 3.03. The third-order valence-electron chi connectivity index (χ3n) is 6.87. The van der Waals surface area contributed by atoms with Crippen molar-refractivity contribution in [3.05, 3.63) is 64.1 Å². The average molecular weight is 421 g/mol. The van der Waals surface area contributed by atoms with Crippen molar-refractivity contribution in [1.82, 2.24) is 9.13 Å². The maximum absolute atomic E-state index is 12.9. The van der Waals surface area contributed by atoms with E-state index in [4.69, 9.17) is 4.74 Å². The summed E-state index contributed by atoms with van der Waals surface area (Å²) in [5, 5.41) is 0. The second kappa shape index (κ2) is 9.13. The highest BCUT2D eigenvalue weighted by atomic mass is 16.5. The number of Topliss-reactive ketones (excluding diaryl/α,β-unsaturated/α-hetero) is 1. The van der Waals surface area contributed by atoms with E-state index in [9.17, 15) is 9.59 Å². The fourth-order valence-electron chi connectivity index (χ4n) is 4.92. The number of carbonyl (C=O) groups is 1. The molecule has 4 rings (SSSR count). The zero-order chi connectivity index (χ0) is 22.0. The van der Waals surface area contributed by atoms with Gasteiger partial charge in [-0.1, -0.05) is 31.2 Å². The lowest BCUT2D eigenvalue weighted by Gasteiger charge is -2.28. The summed E-state index contributed by atoms with van der Waals surface area (Å²) in [7, 11) is 3.46. The standard InChI is InChI=1S/C26H32N2O3/c1-4-18-6-5-7-20(14-18)15-25(29)21-10-8-19(9-11-21)17-28-24-16-22(31-3)12-13-23(24)27(2)26(28)30/h5-7,12-14,16,19,21H,4,8-11,15,17H2,1-3H3. The van der Waals surface area contributed by atoms with Crippen LogP contribution in [-0.4, -0.2) is 22.0 Å². The fourth-order valence-corrected chi connectivity index (χ4v) is 4.92. The van der Waals surface area contributed by atoms with E-state index in [0.29, 0.717) is 24.7 Å². The largest absolute Gasteiger partial charge is 0.497 e. The van der Waals surface area contributed by atoms with Crippen LogP contribution < -0.4 is 10.4 Å². The molecule has 1 heterocycles. The van der Waals surface area contributed by atoms with Gasteiger partial charge in [0.15, 0.2) is 0 Å². The summed E-state index contributed by atoms with van der Waals surface area (Å²) in [4.78, 5) is 25.7. The lowest BCUT2D eigenvalue weighted by atomic mass is 9.78. The lowest BCUT2D eigenvalue weighted by molar-refractivity contribution is -0.123. The van der Waals surface area contributed by atoms with E-state index in [2.05, 4.69) is 31.2 Å². The molecule has 1 fully saturated rings. The van der Waals surface area contributed by atoms with E-state index >= 15 is 0 Å². The number of aryl methyl sites for hydroxylation is 2. The van der Waals surface area contributed by atoms with E-state index in [1.165, 1.54) is 5.56 Å². The fraction of sp³-hybridized carbons (Fsp3) is 0.462. The predicted molar refractivity (Wildman–Crippen MR) is 124 cm³/mol. The summed E-state index contributed by atoms with van der Waals surface area (Å²) in [6.07, 6.45) is 5.33. The van der Waals surface area contributed by atoms with E-state index in [0.717, 1.165) is 54.5 Å². The molecule has 0 bridgehead atoms. The first-order chi connectivity index (χ1) is 15.0. The third kappa shape index (κ3) is 4.46. The molecule has 164 valence electrons. The molecule has 5 heteroatoms. The SMILES string of the molecule is CCc1cccc(CC(=O)C2CCC(Cn3c(=O)n(C)c4ccc(OC)cc43)CC2)c1. The third-order valence-corrected chi connectivity index (χ3v) is 6.87. The number of ether oxygens (including phenoxy) is 1. The highest BCUT2D eigenvalue weighted by Crippen LogP contribution is 2.32. The Balaban J connectivity index is 1.41. The number of hydrogen-bond acceptors (Lipinski definition) is 3. The van der Waals surface area contributed by atoms with Gasteiger partial charge in [-0.25, -0.2) is 4.79 Å². The van der Waals surface area contributed by atoms with Crippen LogP contribution in [-0.2, 0) is 31.2 Å². The van der Waals surface area contributed by atoms with Crippen LogP contribution in [0.15, 0.2) is 47.3 Å². The summed E-state index contributed by atoms with van der Waals surface area (Å²) < 4.78 is 8.94. The maximum Gasteiger partial charge on any atom is 0.328 e. The lowest BCUT2D eigenvalue weighted by Crippen LogP contribution is -2.29. The number of carbonyl (C=O) groups excluding carboxylic acids is 1. The van der Waals surface area contributed by atoms with Crippen LogP contribution in [0.1, 0.15) is 43.7 Å². The van der Waals surface area contributed by atoms with Crippen LogP contribution in [0.4, 0.5) is 0 Å². The Kier molecular flexibility index (Phi) is 6.30. The number of rotatable bonds is 7. The first-order valence-electron chi connectivity index (χ1n) is 11.3. The van der Waals surface area contributed by atoms with E-state index in [1.807, 2.05) is 29.8 Å². The smallest absolute Gasteiger partial charge is 0.328 e. The summed E-state index contributed by atoms with van der Waals surface area (Å²) in [5.74, 6) is 1.68. The minimum Gasteiger partial charge on any atom is -0.497 e. The zero-order valence-corrected chi connectivity index (χ0v) is 18.8. The molecule has 0 spiro atoms. The van der Waals surface area contributed by atoms with Crippen LogP contribution in [0.2, 0.25) is 0 Å². The molecule has 1 saturated carbocycles. The van der Waals surface area contributed by atoms with E-state index in [1.54, 1.807) is 11.7 Å². The van der Waals surface area contributed by atoms with Gasteiger partial charge in [0.2, 0.25) is 0 Å². The monoisotopic (exact) mass is 420 g/mol. The van der Waals surface area contributed by atoms with Gasteiger partial charge >= 0.3 is 5.69 Å². The van der Waals surface area contributed by atoms with Gasteiger partial charge < -0.3 is 4.74 Å². The summed E-state index contributed by atoms with van der Waals surface area (Å²) in [6, 6.07) is 14.2. The molecule has 0 unspecified atom stereocenters. The van der Waals surface area contributed by atoms with Gasteiger partial charge in [0.1, 0.15) is 11.5 Å². The van der Waals surface area contributed by atoms with Gasteiger partial charge in [0, 0.05) is 32.0 Å². The molecule has 1 aromatic heterocycles. The molecule has 1 aliphatic rings. The molecule has 2 aromatic carbocycles. The van der Waals surface area contributed by atoms with E-state index in [-0.39, 0.29) is 11.6 Å². The molecular formula is C26H32N2O3. The number of aromatic nitrogens is 2. The number of hydrogen-bond donors (Lipinski definition) is 0. The Labute approximate surface area is 183 Å². The van der Waals surface area contributed by atoms with E-state index < -0.39 is 0 Å². The number of methoxy groups -OCH3 is 1. The molecule has 1 aliphatic carbocycles. The molecule has 0 amide bonds. The highest BCUT2D eigenvalue weighted by Gasteiger charge is 2.27. The predicted octanol–water partition coefficient (Wildman–Crippen LogP) is 4.53. The van der Waals surface area contributed by atoms with Gasteiger partial charge in [-0.3, -0.25) is 13.9 Å². The molecule has 31 heavy (non-hydrogen) atoms. The van der Waals surface area contributed by atoms with Crippen molar-refractivity contribution in [1.29, 1.82) is 0 Å². The molecule has 0 atom stereocenters. The van der Waals surface area contributed by atoms with Gasteiger partial charge in [0.25, 0.3) is 0 Å². The van der Waals surface area contributed by atoms with Crippen LogP contribution >= 0.6 is 0 Å². The van der Waals surface area contributed by atoms with Crippen LogP contribution in [0, 0.1) is 11.8 Å². The molecule has 0 N–H and O–H groups in total. The Bertz CT molecular complexity index is 1130. The molecular weight excluding hydrogens is 388 g/mol. The van der Waals surface area contributed by atoms with Crippen molar-refractivity contribution in [2.45, 2.75) is 52.0 Å². The summed E-state index contributed by atoms with van der Waals surface area (Å²) in [5.41, 5.74) is 4.26. The minimum atomic E-state index is 0.0114. The molecule has 0 saturated heterocycles. The normalized spacial score (nSPS) is 18.9. The Morgan fingerprint density at radius 2 is 1.77 bits per heavy atom. The van der Waals surface area contributed by atoms with Crippen LogP contribution in [0.25, 0.3) is 11.0 Å². The Morgan fingerprint density at radius 1 is 1.03 bits per heavy atom. The van der Waals surface area contributed by atoms with Gasteiger partial charge in [-0.2, -0.15) is 0 Å². The maximum atomic E-state index is 12.9.